The lowest BCUT2D eigenvalue weighted by atomic mass is 10.2. The average molecular weight is 245 g/mol. The van der Waals surface area contributed by atoms with Crippen LogP contribution in [0.2, 0.25) is 0 Å². The maximum Gasteiger partial charge on any atom is 0.150 e. The van der Waals surface area contributed by atoms with Gasteiger partial charge in [-0.1, -0.05) is 6.07 Å². The van der Waals surface area contributed by atoms with Crippen molar-refractivity contribution >= 4 is 5.69 Å². The van der Waals surface area contributed by atoms with Crippen LogP contribution in [0.4, 0.5) is 14.5 Å². The Morgan fingerprint density at radius 3 is 2.50 bits per heavy atom. The van der Waals surface area contributed by atoms with E-state index in [1.807, 2.05) is 0 Å². The molecule has 90 valence electrons. The molecule has 0 amide bonds. The van der Waals surface area contributed by atoms with Crippen molar-refractivity contribution in [1.82, 2.24) is 4.98 Å². The van der Waals surface area contributed by atoms with Gasteiger partial charge in [0, 0.05) is 6.20 Å². The molecule has 0 bridgehead atoms. The number of rotatable bonds is 3. The molecule has 2 aromatic rings. The standard InChI is InChI=1S/C13H9F2N3/c14-11-5-9(7-16)6-12(15)13(11)18-8-10-3-1-2-4-17-10/h1-6,18H,8H2. The lowest BCUT2D eigenvalue weighted by molar-refractivity contribution is 0.587. The average Bonchev–Trinajstić information content (AvgIpc) is 2.38. The van der Waals surface area contributed by atoms with Crippen molar-refractivity contribution in [3.05, 3.63) is 59.4 Å². The van der Waals surface area contributed by atoms with Gasteiger partial charge in [0.25, 0.3) is 0 Å². The topological polar surface area (TPSA) is 48.7 Å². The number of benzene rings is 1. The number of hydrogen-bond acceptors (Lipinski definition) is 3. The number of nitrogens with zero attached hydrogens (tertiary/aromatic N) is 2. The first kappa shape index (κ1) is 12.0. The molecule has 1 heterocycles. The third-order valence-corrected chi connectivity index (χ3v) is 2.34. The SMILES string of the molecule is N#Cc1cc(F)c(NCc2ccccn2)c(F)c1. The molecule has 0 saturated heterocycles. The highest BCUT2D eigenvalue weighted by molar-refractivity contribution is 5.50. The van der Waals surface area contributed by atoms with Crippen LogP contribution in [-0.4, -0.2) is 4.98 Å². The molecule has 18 heavy (non-hydrogen) atoms. The van der Waals surface area contributed by atoms with E-state index in [1.54, 1.807) is 30.5 Å². The second-order valence-corrected chi connectivity index (χ2v) is 3.60. The van der Waals surface area contributed by atoms with E-state index in [0.29, 0.717) is 5.69 Å². The molecule has 0 saturated carbocycles. The fourth-order valence-corrected chi connectivity index (χ4v) is 1.49. The van der Waals surface area contributed by atoms with Gasteiger partial charge in [0.2, 0.25) is 0 Å². The van der Waals surface area contributed by atoms with Gasteiger partial charge in [-0.2, -0.15) is 5.26 Å². The Morgan fingerprint density at radius 2 is 1.94 bits per heavy atom. The highest BCUT2D eigenvalue weighted by Crippen LogP contribution is 2.20. The van der Waals surface area contributed by atoms with E-state index in [-0.39, 0.29) is 17.8 Å². The fraction of sp³-hybridized carbons (Fsp3) is 0.0769. The van der Waals surface area contributed by atoms with Crippen LogP contribution in [0.3, 0.4) is 0 Å². The molecule has 0 aliphatic carbocycles. The van der Waals surface area contributed by atoms with E-state index in [2.05, 4.69) is 10.3 Å². The molecule has 0 radical (unpaired) electrons. The summed E-state index contributed by atoms with van der Waals surface area (Å²) in [4.78, 5) is 4.03. The molecule has 1 N–H and O–H groups in total. The van der Waals surface area contributed by atoms with E-state index >= 15 is 0 Å². The van der Waals surface area contributed by atoms with Gasteiger partial charge in [0.05, 0.1) is 23.9 Å². The Balaban J connectivity index is 2.18. The first-order valence-corrected chi connectivity index (χ1v) is 5.23. The first-order chi connectivity index (χ1) is 8.70. The van der Waals surface area contributed by atoms with Crippen molar-refractivity contribution in [2.45, 2.75) is 6.54 Å². The number of aromatic nitrogens is 1. The Bertz CT molecular complexity index is 568. The third-order valence-electron chi connectivity index (χ3n) is 2.34. The van der Waals surface area contributed by atoms with Gasteiger partial charge >= 0.3 is 0 Å². The van der Waals surface area contributed by atoms with Crippen molar-refractivity contribution < 1.29 is 8.78 Å². The summed E-state index contributed by atoms with van der Waals surface area (Å²) in [6.45, 7) is 0.209. The van der Waals surface area contributed by atoms with Crippen LogP contribution in [0.25, 0.3) is 0 Å². The summed E-state index contributed by atoms with van der Waals surface area (Å²) in [6, 6.07) is 8.96. The molecule has 1 aromatic heterocycles. The van der Waals surface area contributed by atoms with Crippen LogP contribution in [-0.2, 0) is 6.54 Å². The van der Waals surface area contributed by atoms with Crippen LogP contribution < -0.4 is 5.32 Å². The van der Waals surface area contributed by atoms with Crippen molar-refractivity contribution in [3.8, 4) is 6.07 Å². The van der Waals surface area contributed by atoms with Gasteiger partial charge in [0.15, 0.2) is 11.6 Å². The Morgan fingerprint density at radius 1 is 1.22 bits per heavy atom. The van der Waals surface area contributed by atoms with E-state index < -0.39 is 11.6 Å². The van der Waals surface area contributed by atoms with E-state index in [9.17, 15) is 8.78 Å². The predicted octanol–water partition coefficient (Wildman–Crippen LogP) is 2.84. The second-order valence-electron chi connectivity index (χ2n) is 3.60. The molecular weight excluding hydrogens is 236 g/mol. The highest BCUT2D eigenvalue weighted by Gasteiger charge is 2.10. The van der Waals surface area contributed by atoms with E-state index in [1.165, 1.54) is 0 Å². The smallest absolute Gasteiger partial charge is 0.150 e. The lowest BCUT2D eigenvalue weighted by Crippen LogP contribution is -2.05. The van der Waals surface area contributed by atoms with Gasteiger partial charge < -0.3 is 5.32 Å². The predicted molar refractivity (Wildman–Crippen MR) is 62.6 cm³/mol. The molecular formula is C13H9F2N3. The first-order valence-electron chi connectivity index (χ1n) is 5.23. The van der Waals surface area contributed by atoms with Crippen molar-refractivity contribution in [3.63, 3.8) is 0 Å². The third kappa shape index (κ3) is 2.61. The highest BCUT2D eigenvalue weighted by atomic mass is 19.1. The quantitative estimate of drug-likeness (QED) is 0.904. The van der Waals surface area contributed by atoms with Gasteiger partial charge in [-0.15, -0.1) is 0 Å². The lowest BCUT2D eigenvalue weighted by Gasteiger charge is -2.08. The van der Waals surface area contributed by atoms with Crippen molar-refractivity contribution in [2.75, 3.05) is 5.32 Å². The zero-order chi connectivity index (χ0) is 13.0. The molecule has 0 unspecified atom stereocenters. The monoisotopic (exact) mass is 245 g/mol. The molecule has 0 aliphatic heterocycles. The van der Waals surface area contributed by atoms with Crippen LogP contribution >= 0.6 is 0 Å². The zero-order valence-electron chi connectivity index (χ0n) is 9.32. The molecule has 3 nitrogen and oxygen atoms in total. The summed E-state index contributed by atoms with van der Waals surface area (Å²) < 4.78 is 27.1. The summed E-state index contributed by atoms with van der Waals surface area (Å²) in [5.41, 5.74) is 0.369. The van der Waals surface area contributed by atoms with Crippen molar-refractivity contribution in [2.24, 2.45) is 0 Å². The van der Waals surface area contributed by atoms with Gasteiger partial charge in [-0.05, 0) is 24.3 Å². The summed E-state index contributed by atoms with van der Waals surface area (Å²) in [6.07, 6.45) is 1.60. The fourth-order valence-electron chi connectivity index (χ4n) is 1.49. The minimum absolute atomic E-state index is 0.0478. The number of hydrogen-bond donors (Lipinski definition) is 1. The van der Waals surface area contributed by atoms with Gasteiger partial charge in [0.1, 0.15) is 5.69 Å². The number of nitrogens with one attached hydrogen (secondary N) is 1. The van der Waals surface area contributed by atoms with Crippen LogP contribution in [0.5, 0.6) is 0 Å². The molecule has 2 rings (SSSR count). The molecule has 1 aromatic carbocycles. The minimum Gasteiger partial charge on any atom is -0.375 e. The number of nitriles is 1. The van der Waals surface area contributed by atoms with E-state index in [4.69, 9.17) is 5.26 Å². The molecule has 0 aliphatic rings. The maximum atomic E-state index is 13.5. The largest absolute Gasteiger partial charge is 0.375 e. The van der Waals surface area contributed by atoms with Gasteiger partial charge in [-0.3, -0.25) is 4.98 Å². The van der Waals surface area contributed by atoms with Crippen LogP contribution in [0, 0.1) is 23.0 Å². The Kier molecular flexibility index (Phi) is 3.49. The summed E-state index contributed by atoms with van der Waals surface area (Å²) in [7, 11) is 0. The Hall–Kier alpha value is -2.48. The summed E-state index contributed by atoms with van der Waals surface area (Å²) >= 11 is 0. The zero-order valence-corrected chi connectivity index (χ0v) is 9.32. The summed E-state index contributed by atoms with van der Waals surface area (Å²) in [5.74, 6) is -1.58. The molecule has 5 heteroatoms. The van der Waals surface area contributed by atoms with Crippen LogP contribution in [0.15, 0.2) is 36.5 Å². The molecule has 0 fully saturated rings. The van der Waals surface area contributed by atoms with Crippen LogP contribution in [0.1, 0.15) is 11.3 Å². The summed E-state index contributed by atoms with van der Waals surface area (Å²) in [5, 5.41) is 11.2. The Labute approximate surface area is 103 Å². The second kappa shape index (κ2) is 5.23. The minimum atomic E-state index is -0.789. The molecule has 0 atom stereocenters. The normalized spacial score (nSPS) is 9.83. The van der Waals surface area contributed by atoms with E-state index in [0.717, 1.165) is 12.1 Å². The number of pyridine rings is 1. The van der Waals surface area contributed by atoms with Crippen molar-refractivity contribution in [1.29, 1.82) is 5.26 Å². The number of halogens is 2. The number of anilines is 1. The van der Waals surface area contributed by atoms with Gasteiger partial charge in [-0.25, -0.2) is 8.78 Å². The maximum absolute atomic E-state index is 13.5. The molecule has 0 spiro atoms.